The minimum atomic E-state index is -0.145. The summed E-state index contributed by atoms with van der Waals surface area (Å²) in [6, 6.07) is 22.4. The van der Waals surface area contributed by atoms with Crippen LogP contribution in [0.2, 0.25) is 0 Å². The van der Waals surface area contributed by atoms with Crippen molar-refractivity contribution in [1.82, 2.24) is 5.32 Å². The third kappa shape index (κ3) is 2.85. The van der Waals surface area contributed by atoms with Crippen molar-refractivity contribution in [2.75, 3.05) is 5.32 Å². The maximum Gasteiger partial charge on any atom is 0.319 e. The van der Waals surface area contributed by atoms with Crippen LogP contribution >= 0.6 is 0 Å². The molecular weight excluding hydrogens is 296 g/mol. The van der Waals surface area contributed by atoms with Crippen LogP contribution in [-0.2, 0) is 6.42 Å². The van der Waals surface area contributed by atoms with E-state index in [2.05, 4.69) is 41.0 Å². The van der Waals surface area contributed by atoms with Crippen LogP contribution in [0.25, 0.3) is 10.8 Å². The van der Waals surface area contributed by atoms with Crippen molar-refractivity contribution in [2.45, 2.75) is 25.3 Å². The summed E-state index contributed by atoms with van der Waals surface area (Å²) < 4.78 is 0. The molecule has 0 bridgehead atoms. The molecule has 0 saturated carbocycles. The predicted octanol–water partition coefficient (Wildman–Crippen LogP) is 5.04. The number of anilines is 1. The first-order valence-corrected chi connectivity index (χ1v) is 8.44. The number of rotatable bonds is 2. The lowest BCUT2D eigenvalue weighted by atomic mass is 9.88. The summed E-state index contributed by atoms with van der Waals surface area (Å²) in [5, 5.41) is 8.33. The molecular formula is C21H20N2O. The maximum absolute atomic E-state index is 12.5. The number of fused-ring (bicyclic) bond motifs is 2. The smallest absolute Gasteiger partial charge is 0.319 e. The maximum atomic E-state index is 12.5. The molecule has 1 atom stereocenters. The van der Waals surface area contributed by atoms with Crippen molar-refractivity contribution in [1.29, 1.82) is 0 Å². The number of hydrogen-bond donors (Lipinski definition) is 2. The van der Waals surface area contributed by atoms with Gasteiger partial charge in [0, 0.05) is 5.39 Å². The highest BCUT2D eigenvalue weighted by Crippen LogP contribution is 2.29. The lowest BCUT2D eigenvalue weighted by Gasteiger charge is -2.26. The molecule has 2 N–H and O–H groups in total. The summed E-state index contributed by atoms with van der Waals surface area (Å²) in [5.41, 5.74) is 3.44. The number of urea groups is 1. The Morgan fingerprint density at radius 3 is 2.67 bits per heavy atom. The molecule has 3 aromatic rings. The zero-order valence-corrected chi connectivity index (χ0v) is 13.5. The lowest BCUT2D eigenvalue weighted by Crippen LogP contribution is -2.34. The molecule has 0 heterocycles. The summed E-state index contributed by atoms with van der Waals surface area (Å²) in [4.78, 5) is 12.5. The molecule has 3 aromatic carbocycles. The Morgan fingerprint density at radius 1 is 0.917 bits per heavy atom. The third-order valence-corrected chi connectivity index (χ3v) is 4.71. The fourth-order valence-electron chi connectivity index (χ4n) is 3.55. The molecule has 3 heteroatoms. The van der Waals surface area contributed by atoms with E-state index in [4.69, 9.17) is 0 Å². The molecule has 0 aromatic heterocycles. The summed E-state index contributed by atoms with van der Waals surface area (Å²) in [6.45, 7) is 0. The average Bonchev–Trinajstić information content (AvgIpc) is 2.62. The van der Waals surface area contributed by atoms with Crippen LogP contribution in [0.4, 0.5) is 10.5 Å². The zero-order valence-electron chi connectivity index (χ0n) is 13.5. The molecule has 4 rings (SSSR count). The first-order valence-electron chi connectivity index (χ1n) is 8.44. The number of nitrogens with one attached hydrogen (secondary N) is 2. The van der Waals surface area contributed by atoms with Gasteiger partial charge >= 0.3 is 6.03 Å². The van der Waals surface area contributed by atoms with Gasteiger partial charge in [-0.1, -0.05) is 60.7 Å². The van der Waals surface area contributed by atoms with Crippen LogP contribution in [-0.4, -0.2) is 6.03 Å². The fourth-order valence-corrected chi connectivity index (χ4v) is 3.55. The van der Waals surface area contributed by atoms with E-state index in [9.17, 15) is 4.79 Å². The Hall–Kier alpha value is -2.81. The summed E-state index contributed by atoms with van der Waals surface area (Å²) in [7, 11) is 0. The molecule has 0 unspecified atom stereocenters. The molecule has 0 fully saturated rings. The third-order valence-electron chi connectivity index (χ3n) is 4.71. The Balaban J connectivity index is 1.53. The average molecular weight is 316 g/mol. The lowest BCUT2D eigenvalue weighted by molar-refractivity contribution is 0.247. The first-order chi connectivity index (χ1) is 11.8. The molecule has 0 saturated heterocycles. The number of carbonyl (C=O) groups is 1. The van der Waals surface area contributed by atoms with E-state index >= 15 is 0 Å². The van der Waals surface area contributed by atoms with Crippen molar-refractivity contribution in [3.05, 3.63) is 77.9 Å². The fraction of sp³-hybridized carbons (Fsp3) is 0.190. The zero-order chi connectivity index (χ0) is 16.4. The van der Waals surface area contributed by atoms with Gasteiger partial charge in [0.05, 0.1) is 11.7 Å². The highest BCUT2D eigenvalue weighted by atomic mass is 16.2. The van der Waals surface area contributed by atoms with E-state index in [1.807, 2.05) is 36.4 Å². The molecule has 0 aliphatic heterocycles. The van der Waals surface area contributed by atoms with E-state index in [-0.39, 0.29) is 12.1 Å². The second kappa shape index (κ2) is 6.36. The molecule has 24 heavy (non-hydrogen) atoms. The number of hydrogen-bond acceptors (Lipinski definition) is 1. The Bertz CT molecular complexity index is 882. The van der Waals surface area contributed by atoms with Crippen LogP contribution < -0.4 is 10.6 Å². The summed E-state index contributed by atoms with van der Waals surface area (Å²) >= 11 is 0. The van der Waals surface area contributed by atoms with Gasteiger partial charge in [-0.3, -0.25) is 0 Å². The first kappa shape index (κ1) is 14.8. The second-order valence-electron chi connectivity index (χ2n) is 6.27. The largest absolute Gasteiger partial charge is 0.331 e. The molecule has 1 aliphatic carbocycles. The van der Waals surface area contributed by atoms with Crippen LogP contribution in [0.5, 0.6) is 0 Å². The number of benzene rings is 3. The highest BCUT2D eigenvalue weighted by Gasteiger charge is 2.21. The van der Waals surface area contributed by atoms with E-state index < -0.39 is 0 Å². The van der Waals surface area contributed by atoms with E-state index in [1.165, 1.54) is 11.1 Å². The normalized spacial score (nSPS) is 16.4. The summed E-state index contributed by atoms with van der Waals surface area (Å²) in [5.74, 6) is 0. The van der Waals surface area contributed by atoms with Gasteiger partial charge in [-0.05, 0) is 41.8 Å². The van der Waals surface area contributed by atoms with Gasteiger partial charge in [0.1, 0.15) is 0 Å². The quantitative estimate of drug-likeness (QED) is 0.683. The molecule has 2 amide bonds. The van der Waals surface area contributed by atoms with E-state index in [0.29, 0.717) is 0 Å². The topological polar surface area (TPSA) is 41.1 Å². The number of carbonyl (C=O) groups excluding carboxylic acids is 1. The van der Waals surface area contributed by atoms with Crippen LogP contribution in [0.15, 0.2) is 66.7 Å². The van der Waals surface area contributed by atoms with Crippen LogP contribution in [0.3, 0.4) is 0 Å². The Morgan fingerprint density at radius 2 is 1.71 bits per heavy atom. The monoisotopic (exact) mass is 316 g/mol. The predicted molar refractivity (Wildman–Crippen MR) is 98.2 cm³/mol. The van der Waals surface area contributed by atoms with Crippen molar-refractivity contribution in [3.63, 3.8) is 0 Å². The van der Waals surface area contributed by atoms with Gasteiger partial charge < -0.3 is 10.6 Å². The van der Waals surface area contributed by atoms with Crippen molar-refractivity contribution in [3.8, 4) is 0 Å². The van der Waals surface area contributed by atoms with Crippen LogP contribution in [0, 0.1) is 0 Å². The summed E-state index contributed by atoms with van der Waals surface area (Å²) in [6.07, 6.45) is 3.19. The number of aryl methyl sites for hydroxylation is 1. The van der Waals surface area contributed by atoms with Crippen molar-refractivity contribution >= 4 is 22.5 Å². The number of amides is 2. The van der Waals surface area contributed by atoms with Crippen LogP contribution in [0.1, 0.15) is 30.0 Å². The van der Waals surface area contributed by atoms with Gasteiger partial charge in [0.25, 0.3) is 0 Å². The van der Waals surface area contributed by atoms with Gasteiger partial charge in [-0.2, -0.15) is 0 Å². The minimum absolute atomic E-state index is 0.0879. The molecule has 0 spiro atoms. The molecule has 1 aliphatic rings. The Kier molecular flexibility index (Phi) is 3.91. The highest BCUT2D eigenvalue weighted by molar-refractivity contribution is 6.01. The van der Waals surface area contributed by atoms with Gasteiger partial charge in [0.2, 0.25) is 0 Å². The molecule has 120 valence electrons. The second-order valence-corrected chi connectivity index (χ2v) is 6.27. The Labute approximate surface area is 141 Å². The van der Waals surface area contributed by atoms with Gasteiger partial charge in [-0.25, -0.2) is 4.79 Å². The minimum Gasteiger partial charge on any atom is -0.331 e. The van der Waals surface area contributed by atoms with Gasteiger partial charge in [-0.15, -0.1) is 0 Å². The standard InChI is InChI=1S/C21H20N2O/c24-21(22-19-13-5-9-15-7-1-3-11-17(15)19)23-20-14-6-10-16-8-2-4-12-18(16)20/h1-5,7-9,11-13,20H,6,10,14H2,(H2,22,23,24)/t20-/m1/s1. The van der Waals surface area contributed by atoms with E-state index in [0.717, 1.165) is 35.7 Å². The van der Waals surface area contributed by atoms with Crippen molar-refractivity contribution < 1.29 is 4.79 Å². The molecule has 3 nitrogen and oxygen atoms in total. The molecule has 0 radical (unpaired) electrons. The SMILES string of the molecule is O=C(Nc1cccc2ccccc12)N[C@@H]1CCCc2ccccc21. The van der Waals surface area contributed by atoms with E-state index in [1.54, 1.807) is 0 Å². The van der Waals surface area contributed by atoms with Gasteiger partial charge in [0.15, 0.2) is 0 Å². The van der Waals surface area contributed by atoms with Crippen molar-refractivity contribution in [2.24, 2.45) is 0 Å².